The van der Waals surface area contributed by atoms with Crippen LogP contribution in [0.5, 0.6) is 0 Å². The molecule has 128 valence electrons. The third-order valence-electron chi connectivity index (χ3n) is 5.26. The number of carbonyl (C=O) groups is 1. The summed E-state index contributed by atoms with van der Waals surface area (Å²) >= 11 is 0. The first-order valence-corrected chi connectivity index (χ1v) is 8.73. The lowest BCUT2D eigenvalue weighted by atomic mass is 9.76. The van der Waals surface area contributed by atoms with Gasteiger partial charge >= 0.3 is 0 Å². The number of aryl methyl sites for hydroxylation is 1. The molecule has 1 aliphatic rings. The molecule has 1 fully saturated rings. The predicted octanol–water partition coefficient (Wildman–Crippen LogP) is 4.19. The third-order valence-corrected chi connectivity index (χ3v) is 5.26. The minimum Gasteiger partial charge on any atom is -0.358 e. The summed E-state index contributed by atoms with van der Waals surface area (Å²) in [5.41, 5.74) is 4.04. The number of aromatic nitrogens is 1. The lowest BCUT2D eigenvalue weighted by Crippen LogP contribution is -2.39. The van der Waals surface area contributed by atoms with Gasteiger partial charge in [0.1, 0.15) is 5.82 Å². The monoisotopic (exact) mass is 336 g/mol. The van der Waals surface area contributed by atoms with E-state index >= 15 is 0 Å². The molecule has 4 heteroatoms. The first-order chi connectivity index (χ1) is 12.1. The van der Waals surface area contributed by atoms with E-state index in [0.29, 0.717) is 5.56 Å². The molecule has 2 heterocycles. The van der Waals surface area contributed by atoms with Crippen molar-refractivity contribution in [1.29, 1.82) is 0 Å². The maximum absolute atomic E-state index is 13.2. The van der Waals surface area contributed by atoms with Crippen molar-refractivity contribution in [2.75, 3.05) is 13.1 Å². The summed E-state index contributed by atoms with van der Waals surface area (Å²) in [6.45, 7) is 3.68. The number of H-pyrrole nitrogens is 1. The Morgan fingerprint density at radius 1 is 1.12 bits per heavy atom. The number of aromatic amines is 1. The van der Waals surface area contributed by atoms with Crippen molar-refractivity contribution < 1.29 is 9.18 Å². The molecule has 2 aromatic carbocycles. The van der Waals surface area contributed by atoms with Gasteiger partial charge in [0.2, 0.25) is 0 Å². The van der Waals surface area contributed by atoms with Crippen molar-refractivity contribution in [3.05, 3.63) is 71.2 Å². The molecular weight excluding hydrogens is 315 g/mol. The van der Waals surface area contributed by atoms with Crippen molar-refractivity contribution >= 4 is 16.7 Å². The number of Topliss-reactive ketones (excluding diaryl/α,β-unsaturated/α-hetero) is 1. The maximum Gasteiger partial charge on any atom is 0.166 e. The average molecular weight is 336 g/mol. The zero-order valence-corrected chi connectivity index (χ0v) is 14.2. The second kappa shape index (κ2) is 6.45. The Morgan fingerprint density at radius 3 is 2.68 bits per heavy atom. The van der Waals surface area contributed by atoms with E-state index in [0.717, 1.165) is 30.7 Å². The number of rotatable bonds is 3. The molecule has 1 aliphatic heterocycles. The normalized spacial score (nSPS) is 20.7. The van der Waals surface area contributed by atoms with Gasteiger partial charge in [-0.15, -0.1) is 0 Å². The van der Waals surface area contributed by atoms with E-state index in [2.05, 4.69) is 29.4 Å². The van der Waals surface area contributed by atoms with Gasteiger partial charge in [0.15, 0.2) is 5.78 Å². The first kappa shape index (κ1) is 16.0. The van der Waals surface area contributed by atoms with Gasteiger partial charge in [-0.1, -0.05) is 18.2 Å². The van der Waals surface area contributed by atoms with E-state index in [-0.39, 0.29) is 23.4 Å². The minimum atomic E-state index is -0.314. The van der Waals surface area contributed by atoms with Crippen LogP contribution in [-0.4, -0.2) is 23.9 Å². The fourth-order valence-electron chi connectivity index (χ4n) is 4.08. The molecule has 0 aliphatic carbocycles. The number of piperidine rings is 1. The van der Waals surface area contributed by atoms with Crippen LogP contribution in [0.25, 0.3) is 10.9 Å². The zero-order valence-electron chi connectivity index (χ0n) is 14.2. The Kier molecular flexibility index (Phi) is 4.14. The van der Waals surface area contributed by atoms with E-state index in [1.54, 1.807) is 12.1 Å². The number of halogens is 1. The molecule has 2 unspecified atom stereocenters. The molecule has 1 aromatic heterocycles. The van der Waals surface area contributed by atoms with Crippen LogP contribution in [-0.2, 0) is 0 Å². The SMILES string of the molecule is Cc1[nH]c2ccccc2c1C1CNCCC1C(=O)c1ccc(F)cc1. The second-order valence-electron chi connectivity index (χ2n) is 6.79. The van der Waals surface area contributed by atoms with Gasteiger partial charge in [-0.3, -0.25) is 4.79 Å². The summed E-state index contributed by atoms with van der Waals surface area (Å²) < 4.78 is 13.2. The summed E-state index contributed by atoms with van der Waals surface area (Å²) in [6, 6.07) is 14.1. The molecule has 1 saturated heterocycles. The molecule has 0 saturated carbocycles. The van der Waals surface area contributed by atoms with Gasteiger partial charge in [0.25, 0.3) is 0 Å². The van der Waals surface area contributed by atoms with Crippen molar-refractivity contribution in [3.63, 3.8) is 0 Å². The summed E-state index contributed by atoms with van der Waals surface area (Å²) in [4.78, 5) is 16.5. The van der Waals surface area contributed by atoms with Crippen LogP contribution < -0.4 is 5.32 Å². The largest absolute Gasteiger partial charge is 0.358 e. The van der Waals surface area contributed by atoms with Crippen LogP contribution in [0.3, 0.4) is 0 Å². The molecule has 2 atom stereocenters. The molecule has 25 heavy (non-hydrogen) atoms. The van der Waals surface area contributed by atoms with Gasteiger partial charge in [-0.2, -0.15) is 0 Å². The lowest BCUT2D eigenvalue weighted by Gasteiger charge is -2.32. The smallest absolute Gasteiger partial charge is 0.166 e. The maximum atomic E-state index is 13.2. The summed E-state index contributed by atoms with van der Waals surface area (Å²) in [5, 5.41) is 4.62. The molecule has 2 N–H and O–H groups in total. The quantitative estimate of drug-likeness (QED) is 0.704. The summed E-state index contributed by atoms with van der Waals surface area (Å²) in [6.07, 6.45) is 0.791. The Bertz CT molecular complexity index is 913. The van der Waals surface area contributed by atoms with Crippen molar-refractivity contribution in [1.82, 2.24) is 10.3 Å². The van der Waals surface area contributed by atoms with Gasteiger partial charge in [-0.25, -0.2) is 4.39 Å². The third kappa shape index (κ3) is 2.87. The van der Waals surface area contributed by atoms with Crippen LogP contribution in [0.1, 0.15) is 34.0 Å². The van der Waals surface area contributed by atoms with Crippen LogP contribution in [0.4, 0.5) is 4.39 Å². The summed E-state index contributed by atoms with van der Waals surface area (Å²) in [5.74, 6) is -0.186. The van der Waals surface area contributed by atoms with Crippen LogP contribution in [0.2, 0.25) is 0 Å². The van der Waals surface area contributed by atoms with Gasteiger partial charge in [-0.05, 0) is 55.8 Å². The molecule has 4 rings (SSSR count). The Morgan fingerprint density at radius 2 is 1.88 bits per heavy atom. The predicted molar refractivity (Wildman–Crippen MR) is 97.5 cm³/mol. The zero-order chi connectivity index (χ0) is 17.4. The number of para-hydroxylation sites is 1. The molecule has 0 spiro atoms. The molecular formula is C21H21FN2O. The fourth-order valence-corrected chi connectivity index (χ4v) is 4.08. The van der Waals surface area contributed by atoms with E-state index in [9.17, 15) is 9.18 Å². The second-order valence-corrected chi connectivity index (χ2v) is 6.79. The van der Waals surface area contributed by atoms with Crippen LogP contribution >= 0.6 is 0 Å². The topological polar surface area (TPSA) is 44.9 Å². The van der Waals surface area contributed by atoms with E-state index in [1.165, 1.54) is 23.1 Å². The van der Waals surface area contributed by atoms with Gasteiger partial charge in [0, 0.05) is 40.5 Å². The first-order valence-electron chi connectivity index (χ1n) is 8.73. The average Bonchev–Trinajstić information content (AvgIpc) is 2.97. The number of ketones is 1. The molecule has 0 radical (unpaired) electrons. The molecule has 3 aromatic rings. The number of fused-ring (bicyclic) bond motifs is 1. The number of nitrogens with one attached hydrogen (secondary N) is 2. The number of benzene rings is 2. The number of hydrogen-bond donors (Lipinski definition) is 2. The standard InChI is InChI=1S/C21H21FN2O/c1-13-20(17-4-2-3-5-19(17)24-13)18-12-23-11-10-16(18)21(25)14-6-8-15(22)9-7-14/h2-9,16,18,23-24H,10-12H2,1H3. The number of hydrogen-bond acceptors (Lipinski definition) is 2. The van der Waals surface area contributed by atoms with Crippen molar-refractivity contribution in [2.45, 2.75) is 19.3 Å². The summed E-state index contributed by atoms with van der Waals surface area (Å²) in [7, 11) is 0. The lowest BCUT2D eigenvalue weighted by molar-refractivity contribution is 0.0876. The van der Waals surface area contributed by atoms with Crippen LogP contribution in [0, 0.1) is 18.7 Å². The van der Waals surface area contributed by atoms with E-state index in [1.807, 2.05) is 12.1 Å². The van der Waals surface area contributed by atoms with Gasteiger partial charge < -0.3 is 10.3 Å². The van der Waals surface area contributed by atoms with Crippen LogP contribution in [0.15, 0.2) is 48.5 Å². The van der Waals surface area contributed by atoms with Crippen molar-refractivity contribution in [2.24, 2.45) is 5.92 Å². The fraction of sp³-hybridized carbons (Fsp3) is 0.286. The number of carbonyl (C=O) groups excluding carboxylic acids is 1. The highest BCUT2D eigenvalue weighted by Gasteiger charge is 2.34. The van der Waals surface area contributed by atoms with Crippen molar-refractivity contribution in [3.8, 4) is 0 Å². The molecule has 0 bridgehead atoms. The van der Waals surface area contributed by atoms with E-state index in [4.69, 9.17) is 0 Å². The van der Waals surface area contributed by atoms with Gasteiger partial charge in [0.05, 0.1) is 0 Å². The van der Waals surface area contributed by atoms with E-state index < -0.39 is 0 Å². The highest BCUT2D eigenvalue weighted by Crippen LogP contribution is 2.37. The Hall–Kier alpha value is -2.46. The Labute approximate surface area is 146 Å². The molecule has 0 amide bonds. The highest BCUT2D eigenvalue weighted by molar-refractivity contribution is 5.99. The molecule has 3 nitrogen and oxygen atoms in total. The highest BCUT2D eigenvalue weighted by atomic mass is 19.1. The Balaban J connectivity index is 1.75. The minimum absolute atomic E-state index is 0.0929.